The first-order chi connectivity index (χ1) is 8.95. The molecule has 19 heavy (non-hydrogen) atoms. The second-order valence-electron chi connectivity index (χ2n) is 4.51. The maximum atomic E-state index is 11.0. The third-order valence-corrected chi connectivity index (χ3v) is 3.24. The Morgan fingerprint density at radius 1 is 1.21 bits per heavy atom. The van der Waals surface area contributed by atoms with Crippen molar-refractivity contribution in [1.82, 2.24) is 4.57 Å². The molecule has 0 bridgehead atoms. The van der Waals surface area contributed by atoms with Crippen molar-refractivity contribution in [2.45, 2.75) is 20.8 Å². The van der Waals surface area contributed by atoms with Crippen molar-refractivity contribution in [3.63, 3.8) is 0 Å². The maximum absolute atomic E-state index is 11.0. The molecule has 0 unspecified atom stereocenters. The number of carbonyl (C=O) groups is 1. The van der Waals surface area contributed by atoms with E-state index in [4.69, 9.17) is 0 Å². The molecule has 0 aliphatic carbocycles. The van der Waals surface area contributed by atoms with Gasteiger partial charge in [-0.15, -0.1) is 0 Å². The first kappa shape index (κ1) is 13.0. The van der Waals surface area contributed by atoms with Gasteiger partial charge in [0.25, 0.3) is 5.69 Å². The van der Waals surface area contributed by atoms with Gasteiger partial charge in [0.1, 0.15) is 0 Å². The Morgan fingerprint density at radius 2 is 1.89 bits per heavy atom. The van der Waals surface area contributed by atoms with E-state index in [2.05, 4.69) is 0 Å². The van der Waals surface area contributed by atoms with Crippen molar-refractivity contribution < 1.29 is 9.72 Å². The van der Waals surface area contributed by atoms with E-state index >= 15 is 0 Å². The third-order valence-electron chi connectivity index (χ3n) is 3.24. The molecule has 0 fully saturated rings. The summed E-state index contributed by atoms with van der Waals surface area (Å²) < 4.78 is 1.87. The molecule has 0 radical (unpaired) electrons. The minimum Gasteiger partial charge on any atom is -0.317 e. The predicted octanol–water partition coefficient (Wildman–Crippen LogP) is 3.12. The van der Waals surface area contributed by atoms with Crippen LogP contribution >= 0.6 is 0 Å². The van der Waals surface area contributed by atoms with E-state index in [1.165, 1.54) is 12.1 Å². The van der Waals surface area contributed by atoms with Crippen LogP contribution in [0.1, 0.15) is 27.3 Å². The Kier molecular flexibility index (Phi) is 3.21. The molecular weight excluding hydrogens is 244 g/mol. The summed E-state index contributed by atoms with van der Waals surface area (Å²) in [5.41, 5.74) is 3.96. The number of non-ortho nitro benzene ring substituents is 1. The fraction of sp³-hybridized carbons (Fsp3) is 0.214. The Balaban J connectivity index is 2.71. The lowest BCUT2D eigenvalue weighted by molar-refractivity contribution is -0.384. The molecule has 0 aliphatic rings. The van der Waals surface area contributed by atoms with E-state index in [1.807, 2.05) is 25.3 Å². The molecule has 98 valence electrons. The van der Waals surface area contributed by atoms with Crippen LogP contribution in [0.25, 0.3) is 5.69 Å². The molecule has 5 nitrogen and oxygen atoms in total. The normalized spacial score (nSPS) is 10.5. The number of nitrogens with zero attached hydrogens (tertiary/aromatic N) is 2. The lowest BCUT2D eigenvalue weighted by Gasteiger charge is -2.12. The van der Waals surface area contributed by atoms with Crippen LogP contribution in [0.4, 0.5) is 5.69 Å². The Hall–Kier alpha value is -2.43. The van der Waals surface area contributed by atoms with E-state index in [9.17, 15) is 14.9 Å². The Labute approximate surface area is 110 Å². The van der Waals surface area contributed by atoms with Crippen molar-refractivity contribution in [1.29, 1.82) is 0 Å². The Morgan fingerprint density at radius 3 is 2.42 bits per heavy atom. The first-order valence-electron chi connectivity index (χ1n) is 5.85. The lowest BCUT2D eigenvalue weighted by atomic mass is 10.1. The quantitative estimate of drug-likeness (QED) is 0.482. The number of aldehydes is 1. The zero-order valence-electron chi connectivity index (χ0n) is 11.0. The molecule has 0 saturated heterocycles. The van der Waals surface area contributed by atoms with Crippen LogP contribution in [-0.2, 0) is 0 Å². The topological polar surface area (TPSA) is 65.1 Å². The largest absolute Gasteiger partial charge is 0.317 e. The van der Waals surface area contributed by atoms with Crippen molar-refractivity contribution in [2.24, 2.45) is 0 Å². The molecular formula is C14H14N2O3. The van der Waals surface area contributed by atoms with Gasteiger partial charge in [0.15, 0.2) is 6.29 Å². The highest BCUT2D eigenvalue weighted by Gasteiger charge is 2.15. The SMILES string of the molecule is Cc1ccc([N+](=O)[O-])cc1-n1c(C)cc(C=O)c1C. The number of nitro benzene ring substituents is 1. The van der Waals surface area contributed by atoms with Crippen LogP contribution in [-0.4, -0.2) is 15.8 Å². The standard InChI is InChI=1S/C14H14N2O3/c1-9-4-5-13(16(18)19)7-14(9)15-10(2)6-12(8-17)11(15)3/h4-8H,1-3H3. The van der Waals surface area contributed by atoms with Crippen molar-refractivity contribution in [3.8, 4) is 5.69 Å². The zero-order valence-corrected chi connectivity index (χ0v) is 11.0. The molecule has 0 N–H and O–H groups in total. The third kappa shape index (κ3) is 2.14. The van der Waals surface area contributed by atoms with Crippen LogP contribution in [0.2, 0.25) is 0 Å². The van der Waals surface area contributed by atoms with Crippen LogP contribution < -0.4 is 0 Å². The fourth-order valence-corrected chi connectivity index (χ4v) is 2.23. The zero-order chi connectivity index (χ0) is 14.2. The highest BCUT2D eigenvalue weighted by atomic mass is 16.6. The van der Waals surface area contributed by atoms with Crippen molar-refractivity contribution >= 4 is 12.0 Å². The number of aromatic nitrogens is 1. The highest BCUT2D eigenvalue weighted by Crippen LogP contribution is 2.25. The number of hydrogen-bond donors (Lipinski definition) is 0. The average Bonchev–Trinajstić information content (AvgIpc) is 2.65. The van der Waals surface area contributed by atoms with E-state index < -0.39 is 4.92 Å². The van der Waals surface area contributed by atoms with Gasteiger partial charge in [-0.1, -0.05) is 6.07 Å². The van der Waals surface area contributed by atoms with E-state index in [0.29, 0.717) is 5.56 Å². The van der Waals surface area contributed by atoms with E-state index in [-0.39, 0.29) is 5.69 Å². The first-order valence-corrected chi connectivity index (χ1v) is 5.85. The molecule has 5 heteroatoms. The van der Waals surface area contributed by atoms with Gasteiger partial charge >= 0.3 is 0 Å². The second-order valence-corrected chi connectivity index (χ2v) is 4.51. The summed E-state index contributed by atoms with van der Waals surface area (Å²) in [6, 6.07) is 6.51. The summed E-state index contributed by atoms with van der Waals surface area (Å²) in [6.45, 7) is 5.59. The monoisotopic (exact) mass is 258 g/mol. The molecule has 0 amide bonds. The number of rotatable bonds is 3. The summed E-state index contributed by atoms with van der Waals surface area (Å²) in [6.07, 6.45) is 0.797. The van der Waals surface area contributed by atoms with E-state index in [1.54, 1.807) is 12.1 Å². The van der Waals surface area contributed by atoms with Crippen LogP contribution in [0.15, 0.2) is 24.3 Å². The van der Waals surface area contributed by atoms with Crippen molar-refractivity contribution in [2.75, 3.05) is 0 Å². The minimum absolute atomic E-state index is 0.0424. The van der Waals surface area contributed by atoms with Gasteiger partial charge in [0.2, 0.25) is 0 Å². The molecule has 0 aliphatic heterocycles. The molecule has 1 aromatic heterocycles. The molecule has 1 aromatic carbocycles. The number of aryl methyl sites for hydroxylation is 2. The van der Waals surface area contributed by atoms with E-state index in [0.717, 1.165) is 28.9 Å². The summed E-state index contributed by atoms with van der Waals surface area (Å²) in [4.78, 5) is 21.4. The average molecular weight is 258 g/mol. The van der Waals surface area contributed by atoms with Gasteiger partial charge in [-0.25, -0.2) is 0 Å². The lowest BCUT2D eigenvalue weighted by Crippen LogP contribution is -2.03. The molecule has 2 aromatic rings. The molecule has 0 saturated carbocycles. The minimum atomic E-state index is -0.419. The highest BCUT2D eigenvalue weighted by molar-refractivity contribution is 5.78. The molecule has 0 atom stereocenters. The number of hydrogen-bond acceptors (Lipinski definition) is 3. The van der Waals surface area contributed by atoms with Gasteiger partial charge in [0, 0.05) is 29.1 Å². The van der Waals surface area contributed by atoms with Gasteiger partial charge in [-0.2, -0.15) is 0 Å². The van der Waals surface area contributed by atoms with Crippen molar-refractivity contribution in [3.05, 3.63) is 56.9 Å². The van der Waals surface area contributed by atoms with Gasteiger partial charge in [-0.3, -0.25) is 14.9 Å². The summed E-state index contributed by atoms with van der Waals surface area (Å²) in [5.74, 6) is 0. The smallest absolute Gasteiger partial charge is 0.271 e. The molecule has 2 rings (SSSR count). The van der Waals surface area contributed by atoms with Gasteiger partial charge in [0.05, 0.1) is 10.6 Å². The molecule has 1 heterocycles. The summed E-state index contributed by atoms with van der Waals surface area (Å²) >= 11 is 0. The fourth-order valence-electron chi connectivity index (χ4n) is 2.23. The number of nitro groups is 1. The number of carbonyl (C=O) groups excluding carboxylic acids is 1. The summed E-state index contributed by atoms with van der Waals surface area (Å²) in [7, 11) is 0. The predicted molar refractivity (Wildman–Crippen MR) is 72.0 cm³/mol. The van der Waals surface area contributed by atoms with Crippen LogP contribution in [0.5, 0.6) is 0 Å². The van der Waals surface area contributed by atoms with Crippen LogP contribution in [0, 0.1) is 30.9 Å². The number of benzene rings is 1. The van der Waals surface area contributed by atoms with Crippen LogP contribution in [0.3, 0.4) is 0 Å². The molecule has 0 spiro atoms. The maximum Gasteiger partial charge on any atom is 0.271 e. The van der Waals surface area contributed by atoms with Gasteiger partial charge in [-0.05, 0) is 32.4 Å². The van der Waals surface area contributed by atoms with Gasteiger partial charge < -0.3 is 4.57 Å². The second kappa shape index (κ2) is 4.68. The summed E-state index contributed by atoms with van der Waals surface area (Å²) in [5, 5.41) is 10.9. The Bertz CT molecular complexity index is 672.